The summed E-state index contributed by atoms with van der Waals surface area (Å²) in [4.78, 5) is 47.2. The molecular weight excluding hydrogens is 687 g/mol. The van der Waals surface area contributed by atoms with Crippen molar-refractivity contribution in [2.75, 3.05) is 0 Å². The molecule has 8 nitrogen and oxygen atoms in total. The number of aliphatic hydroxyl groups excluding tert-OH is 1. The van der Waals surface area contributed by atoms with E-state index in [4.69, 9.17) is 39.5 Å². The standard InChI is InChI=1S/C19H24ClNO3.C14H16ClNO2.C5H9ClO/c1-10-8-11(2)13(12(20)9-10)14-15(19(6,7)21-16(14)22)24-17(23)18(3,4)5;1-7-5-8(2)10(9(15)6-7)11-12(17)14(3,4)16-13(11)18;1-5(2,3)4(6)7/h8-9H,1-7H3,(H,21,22);5-6,17H,1-4H3,(H,16,18);1-3H3. The van der Waals surface area contributed by atoms with Crippen molar-refractivity contribution in [3.05, 3.63) is 79.2 Å². The number of carbonyl (C=O) groups excluding carboxylic acids is 4. The van der Waals surface area contributed by atoms with Crippen LogP contribution in [0.1, 0.15) is 103 Å². The van der Waals surface area contributed by atoms with Crippen LogP contribution < -0.4 is 10.6 Å². The van der Waals surface area contributed by atoms with Crippen LogP contribution in [0.15, 0.2) is 35.8 Å². The van der Waals surface area contributed by atoms with E-state index in [9.17, 15) is 24.3 Å². The fraction of sp³-hybridized carbons (Fsp3) is 0.474. The van der Waals surface area contributed by atoms with Gasteiger partial charge in [0.25, 0.3) is 11.8 Å². The van der Waals surface area contributed by atoms with Crippen molar-refractivity contribution in [2.45, 2.75) is 108 Å². The first-order valence-corrected chi connectivity index (χ1v) is 17.0. The number of nitrogens with one attached hydrogen (secondary N) is 2. The molecule has 268 valence electrons. The zero-order chi connectivity index (χ0) is 38.2. The highest BCUT2D eigenvalue weighted by atomic mass is 35.5. The Hall–Kier alpha value is -3.33. The molecule has 0 saturated heterocycles. The normalized spacial score (nSPS) is 16.7. The highest BCUT2D eigenvalue weighted by molar-refractivity contribution is 6.64. The van der Waals surface area contributed by atoms with Crippen molar-refractivity contribution in [3.8, 4) is 0 Å². The summed E-state index contributed by atoms with van der Waals surface area (Å²) in [5.41, 5.74) is 3.05. The SMILES string of the molecule is CC(C)(C)C(=O)Cl.Cc1cc(C)c(C2=C(O)C(C)(C)NC2=O)c(Cl)c1.Cc1cc(C)c(C2=C(OC(=O)C(C)(C)C)C(C)(C)NC2=O)c(Cl)c1. The minimum Gasteiger partial charge on any atom is -0.509 e. The minimum atomic E-state index is -0.784. The molecule has 3 N–H and O–H groups in total. The van der Waals surface area contributed by atoms with E-state index in [-0.39, 0.29) is 39.8 Å². The molecule has 2 aromatic rings. The van der Waals surface area contributed by atoms with Crippen LogP contribution in [0.3, 0.4) is 0 Å². The number of aliphatic hydroxyl groups is 1. The number of benzene rings is 2. The van der Waals surface area contributed by atoms with E-state index in [0.29, 0.717) is 32.5 Å². The summed E-state index contributed by atoms with van der Waals surface area (Å²) >= 11 is 17.7. The van der Waals surface area contributed by atoms with Crippen LogP contribution in [0.2, 0.25) is 10.0 Å². The van der Waals surface area contributed by atoms with E-state index in [1.165, 1.54) is 0 Å². The third kappa shape index (κ3) is 9.89. The molecule has 49 heavy (non-hydrogen) atoms. The monoisotopic (exact) mass is 734 g/mol. The maximum Gasteiger partial charge on any atom is 0.316 e. The lowest BCUT2D eigenvalue weighted by Crippen LogP contribution is -2.40. The number of ether oxygens (including phenoxy) is 1. The van der Waals surface area contributed by atoms with Crippen LogP contribution in [0, 0.1) is 38.5 Å². The Morgan fingerprint density at radius 2 is 1.06 bits per heavy atom. The number of amides is 2. The topological polar surface area (TPSA) is 122 Å². The fourth-order valence-electron chi connectivity index (χ4n) is 4.99. The quantitative estimate of drug-likeness (QED) is 0.214. The molecule has 0 bridgehead atoms. The van der Waals surface area contributed by atoms with E-state index < -0.39 is 16.5 Å². The van der Waals surface area contributed by atoms with Gasteiger partial charge in [-0.2, -0.15) is 0 Å². The van der Waals surface area contributed by atoms with Crippen LogP contribution in [0.4, 0.5) is 0 Å². The number of hydrogen-bond donors (Lipinski definition) is 3. The first-order chi connectivity index (χ1) is 22.0. The van der Waals surface area contributed by atoms with Crippen LogP contribution in [-0.4, -0.2) is 39.2 Å². The molecule has 0 aliphatic carbocycles. The summed E-state index contributed by atoms with van der Waals surface area (Å²) in [5.74, 6) is -0.597. The smallest absolute Gasteiger partial charge is 0.316 e. The Kier molecular flexibility index (Phi) is 12.7. The molecule has 2 aromatic carbocycles. The Labute approximate surface area is 305 Å². The summed E-state index contributed by atoms with van der Waals surface area (Å²) in [7, 11) is 0. The van der Waals surface area contributed by atoms with Crippen LogP contribution in [0.5, 0.6) is 0 Å². The van der Waals surface area contributed by atoms with Crippen LogP contribution in [0.25, 0.3) is 11.1 Å². The van der Waals surface area contributed by atoms with E-state index in [2.05, 4.69) is 10.6 Å². The van der Waals surface area contributed by atoms with Gasteiger partial charge in [0.2, 0.25) is 5.24 Å². The summed E-state index contributed by atoms with van der Waals surface area (Å²) in [5, 5.41) is 16.5. The predicted molar refractivity (Wildman–Crippen MR) is 199 cm³/mol. The van der Waals surface area contributed by atoms with Gasteiger partial charge in [0, 0.05) is 26.6 Å². The predicted octanol–water partition coefficient (Wildman–Crippen LogP) is 9.10. The number of aryl methyl sites for hydroxylation is 4. The zero-order valence-corrected chi connectivity index (χ0v) is 33.2. The minimum absolute atomic E-state index is 0.0429. The van der Waals surface area contributed by atoms with E-state index in [0.717, 1.165) is 22.3 Å². The molecule has 0 atom stereocenters. The molecule has 0 radical (unpaired) electrons. The second-order valence-corrected chi connectivity index (χ2v) is 16.8. The van der Waals surface area contributed by atoms with Crippen LogP contribution in [-0.2, 0) is 23.9 Å². The van der Waals surface area contributed by atoms with Crippen molar-refractivity contribution < 1.29 is 29.0 Å². The van der Waals surface area contributed by atoms with Crippen molar-refractivity contribution in [1.82, 2.24) is 10.6 Å². The molecule has 0 spiro atoms. The molecule has 2 aliphatic rings. The molecule has 2 heterocycles. The Balaban J connectivity index is 0.000000293. The number of carbonyl (C=O) groups is 4. The summed E-state index contributed by atoms with van der Waals surface area (Å²) in [6.45, 7) is 25.4. The van der Waals surface area contributed by atoms with Crippen molar-refractivity contribution in [2.24, 2.45) is 10.8 Å². The fourth-order valence-corrected chi connectivity index (χ4v) is 5.82. The average molecular weight is 736 g/mol. The molecule has 2 aliphatic heterocycles. The van der Waals surface area contributed by atoms with Gasteiger partial charge in [0.15, 0.2) is 0 Å². The molecular formula is C38H49Cl3N2O6. The maximum absolute atomic E-state index is 12.6. The molecule has 0 fully saturated rings. The number of rotatable bonds is 3. The number of esters is 1. The van der Waals surface area contributed by atoms with E-state index in [1.807, 2.05) is 39.8 Å². The molecule has 11 heteroatoms. The van der Waals surface area contributed by atoms with Gasteiger partial charge in [-0.1, -0.05) is 56.1 Å². The van der Waals surface area contributed by atoms with Gasteiger partial charge >= 0.3 is 5.97 Å². The summed E-state index contributed by atoms with van der Waals surface area (Å²) < 4.78 is 5.67. The van der Waals surface area contributed by atoms with Gasteiger partial charge in [0.05, 0.1) is 27.6 Å². The summed E-state index contributed by atoms with van der Waals surface area (Å²) in [6.07, 6.45) is 0. The van der Waals surface area contributed by atoms with Crippen molar-refractivity contribution in [3.63, 3.8) is 0 Å². The second-order valence-electron chi connectivity index (χ2n) is 15.6. The lowest BCUT2D eigenvalue weighted by atomic mass is 9.94. The molecule has 0 unspecified atom stereocenters. The van der Waals surface area contributed by atoms with Crippen molar-refractivity contribution >= 4 is 69.0 Å². The maximum atomic E-state index is 12.6. The van der Waals surface area contributed by atoms with Gasteiger partial charge in [0.1, 0.15) is 11.5 Å². The lowest BCUT2D eigenvalue weighted by Gasteiger charge is -2.25. The molecule has 0 saturated carbocycles. The second kappa shape index (κ2) is 14.9. The Morgan fingerprint density at radius 1 is 0.694 bits per heavy atom. The lowest BCUT2D eigenvalue weighted by molar-refractivity contribution is -0.149. The van der Waals surface area contributed by atoms with Gasteiger partial charge in [-0.15, -0.1) is 0 Å². The zero-order valence-electron chi connectivity index (χ0n) is 30.9. The highest BCUT2D eigenvalue weighted by Crippen LogP contribution is 2.40. The Morgan fingerprint density at radius 3 is 1.39 bits per heavy atom. The third-order valence-corrected chi connectivity index (χ3v) is 8.85. The number of hydrogen-bond acceptors (Lipinski definition) is 6. The third-order valence-electron chi connectivity index (χ3n) is 7.69. The van der Waals surface area contributed by atoms with Crippen LogP contribution >= 0.6 is 34.8 Å². The van der Waals surface area contributed by atoms with E-state index in [1.54, 1.807) is 81.4 Å². The first-order valence-electron chi connectivity index (χ1n) is 15.8. The van der Waals surface area contributed by atoms with Gasteiger partial charge in [-0.3, -0.25) is 19.2 Å². The van der Waals surface area contributed by atoms with E-state index >= 15 is 0 Å². The van der Waals surface area contributed by atoms with Gasteiger partial charge < -0.3 is 20.5 Å². The van der Waals surface area contributed by atoms with Gasteiger partial charge in [-0.25, -0.2) is 0 Å². The molecule has 0 aromatic heterocycles. The van der Waals surface area contributed by atoms with Gasteiger partial charge in [-0.05, 0) is 122 Å². The Bertz CT molecular complexity index is 1710. The number of halogens is 3. The largest absolute Gasteiger partial charge is 0.509 e. The summed E-state index contributed by atoms with van der Waals surface area (Å²) in [6, 6.07) is 7.50. The average Bonchev–Trinajstić information content (AvgIpc) is 3.23. The first kappa shape index (κ1) is 41.8. The molecule has 4 rings (SSSR count). The van der Waals surface area contributed by atoms with Crippen molar-refractivity contribution in [1.29, 1.82) is 0 Å². The molecule has 2 amide bonds. The highest BCUT2D eigenvalue weighted by Gasteiger charge is 2.44.